The molecule has 0 aliphatic heterocycles. The lowest BCUT2D eigenvalue weighted by Crippen LogP contribution is -2.23. The Bertz CT molecular complexity index is 750. The maximum absolute atomic E-state index is 14.2. The molecule has 2 aliphatic carbocycles. The molecule has 0 spiro atoms. The third-order valence-corrected chi connectivity index (χ3v) is 5.93. The molecule has 0 saturated heterocycles. The molecule has 2 bridgehead atoms. The van der Waals surface area contributed by atoms with Gasteiger partial charge in [0.1, 0.15) is 5.82 Å². The van der Waals surface area contributed by atoms with Crippen molar-refractivity contribution in [3.8, 4) is 11.4 Å². The monoisotopic (exact) mass is 317 g/mol. The Labute approximate surface area is 134 Å². The lowest BCUT2D eigenvalue weighted by molar-refractivity contribution is 0.242. The van der Waals surface area contributed by atoms with Gasteiger partial charge in [0.25, 0.3) is 0 Å². The molecule has 116 valence electrons. The Morgan fingerprint density at radius 2 is 2.14 bits per heavy atom. The highest BCUT2D eigenvalue weighted by molar-refractivity contribution is 7.71. The van der Waals surface area contributed by atoms with E-state index in [2.05, 4.69) is 17.1 Å². The zero-order valence-corrected chi connectivity index (χ0v) is 13.4. The van der Waals surface area contributed by atoms with Gasteiger partial charge in [-0.05, 0) is 68.3 Å². The summed E-state index contributed by atoms with van der Waals surface area (Å²) in [5, 5.41) is 7.17. The quantitative estimate of drug-likeness (QED) is 0.829. The minimum Gasteiger partial charge on any atom is -0.297 e. The van der Waals surface area contributed by atoms with Gasteiger partial charge in [0.05, 0.1) is 5.56 Å². The van der Waals surface area contributed by atoms with E-state index in [0.29, 0.717) is 22.1 Å². The van der Waals surface area contributed by atoms with Gasteiger partial charge in [0, 0.05) is 6.04 Å². The van der Waals surface area contributed by atoms with Crippen LogP contribution in [0.5, 0.6) is 0 Å². The Hall–Kier alpha value is -1.49. The molecule has 1 N–H and O–H groups in total. The van der Waals surface area contributed by atoms with E-state index in [-0.39, 0.29) is 11.9 Å². The number of hydrogen-bond acceptors (Lipinski definition) is 2. The smallest absolute Gasteiger partial charge is 0.195 e. The van der Waals surface area contributed by atoms with Crippen LogP contribution in [-0.4, -0.2) is 14.8 Å². The number of aromatic amines is 1. The zero-order chi connectivity index (χ0) is 15.3. The first-order valence-corrected chi connectivity index (χ1v) is 8.47. The van der Waals surface area contributed by atoms with Crippen LogP contribution in [0.1, 0.15) is 38.6 Å². The van der Waals surface area contributed by atoms with Crippen LogP contribution in [0.15, 0.2) is 24.3 Å². The molecule has 1 aromatic carbocycles. The van der Waals surface area contributed by atoms with Crippen LogP contribution in [0, 0.1) is 28.3 Å². The standard InChI is InChI=1S/C17H20FN3S/c1-10(14-9-11-6-7-12(14)8-11)21-16(19-20-17(21)22)13-4-2-3-5-15(13)18/h2-5,10-12,14H,6-9H2,1H3,(H,20,22)/t10-,11?,12+,14+/m1/s1. The lowest BCUT2D eigenvalue weighted by atomic mass is 9.84. The molecule has 1 heterocycles. The number of hydrogen-bond donors (Lipinski definition) is 1. The van der Waals surface area contributed by atoms with Gasteiger partial charge in [-0.2, -0.15) is 5.10 Å². The fourth-order valence-electron chi connectivity index (χ4n) is 4.59. The highest BCUT2D eigenvalue weighted by atomic mass is 32.1. The number of rotatable bonds is 3. The normalized spacial score (nSPS) is 28.2. The molecule has 1 aromatic heterocycles. The summed E-state index contributed by atoms with van der Waals surface area (Å²) in [6.07, 6.45) is 5.34. The van der Waals surface area contributed by atoms with Crippen molar-refractivity contribution < 1.29 is 4.39 Å². The number of nitrogens with zero attached hydrogens (tertiary/aromatic N) is 2. The van der Waals surface area contributed by atoms with Gasteiger partial charge in [-0.25, -0.2) is 4.39 Å². The Balaban J connectivity index is 1.75. The fourth-order valence-corrected chi connectivity index (χ4v) is 4.89. The lowest BCUT2D eigenvalue weighted by Gasteiger charge is -2.29. The average molecular weight is 317 g/mol. The highest BCUT2D eigenvalue weighted by Crippen LogP contribution is 2.52. The number of halogens is 1. The van der Waals surface area contributed by atoms with Crippen LogP contribution in [0.2, 0.25) is 0 Å². The van der Waals surface area contributed by atoms with Gasteiger partial charge in [-0.1, -0.05) is 18.6 Å². The number of nitrogens with one attached hydrogen (secondary N) is 1. The highest BCUT2D eigenvalue weighted by Gasteiger charge is 2.42. The van der Waals surface area contributed by atoms with Crippen LogP contribution in [0.3, 0.4) is 0 Å². The maximum Gasteiger partial charge on any atom is 0.195 e. The summed E-state index contributed by atoms with van der Waals surface area (Å²) in [5.41, 5.74) is 0.518. The van der Waals surface area contributed by atoms with E-state index < -0.39 is 0 Å². The summed E-state index contributed by atoms with van der Waals surface area (Å²) >= 11 is 5.44. The summed E-state index contributed by atoms with van der Waals surface area (Å²) in [7, 11) is 0. The third kappa shape index (κ3) is 2.14. The Morgan fingerprint density at radius 3 is 2.82 bits per heavy atom. The van der Waals surface area contributed by atoms with E-state index in [4.69, 9.17) is 12.2 Å². The molecular weight excluding hydrogens is 297 g/mol. The predicted octanol–water partition coefficient (Wildman–Crippen LogP) is 4.74. The molecule has 4 atom stereocenters. The van der Waals surface area contributed by atoms with E-state index in [1.165, 1.54) is 31.7 Å². The first-order chi connectivity index (χ1) is 10.6. The van der Waals surface area contributed by atoms with Crippen LogP contribution in [0.4, 0.5) is 4.39 Å². The maximum atomic E-state index is 14.2. The average Bonchev–Trinajstić information content (AvgIpc) is 3.22. The number of H-pyrrole nitrogens is 1. The molecule has 0 radical (unpaired) electrons. The molecule has 5 heteroatoms. The second kappa shape index (κ2) is 5.30. The van der Waals surface area contributed by atoms with Gasteiger partial charge >= 0.3 is 0 Å². The molecule has 2 aliphatic rings. The van der Waals surface area contributed by atoms with Crippen molar-refractivity contribution in [3.63, 3.8) is 0 Å². The topological polar surface area (TPSA) is 33.6 Å². The largest absolute Gasteiger partial charge is 0.297 e. The minimum absolute atomic E-state index is 0.252. The number of aromatic nitrogens is 3. The molecule has 4 rings (SSSR count). The van der Waals surface area contributed by atoms with Crippen molar-refractivity contribution in [1.82, 2.24) is 14.8 Å². The first kappa shape index (κ1) is 14.1. The van der Waals surface area contributed by atoms with E-state index in [9.17, 15) is 4.39 Å². The summed E-state index contributed by atoms with van der Waals surface area (Å²) < 4.78 is 16.8. The van der Waals surface area contributed by atoms with Crippen molar-refractivity contribution in [1.29, 1.82) is 0 Å². The summed E-state index contributed by atoms with van der Waals surface area (Å²) in [6, 6.07) is 7.03. The summed E-state index contributed by atoms with van der Waals surface area (Å²) in [5.74, 6) is 2.69. The van der Waals surface area contributed by atoms with Crippen LogP contribution < -0.4 is 0 Å². The van der Waals surface area contributed by atoms with E-state index in [1.807, 2.05) is 10.6 Å². The molecule has 3 nitrogen and oxygen atoms in total. The molecule has 1 unspecified atom stereocenters. The van der Waals surface area contributed by atoms with E-state index in [1.54, 1.807) is 12.1 Å². The minimum atomic E-state index is -0.252. The van der Waals surface area contributed by atoms with Crippen LogP contribution >= 0.6 is 12.2 Å². The van der Waals surface area contributed by atoms with Crippen molar-refractivity contribution >= 4 is 12.2 Å². The number of fused-ring (bicyclic) bond motifs is 2. The van der Waals surface area contributed by atoms with Crippen molar-refractivity contribution in [2.75, 3.05) is 0 Å². The van der Waals surface area contributed by atoms with Crippen molar-refractivity contribution in [2.24, 2.45) is 17.8 Å². The van der Waals surface area contributed by atoms with Gasteiger partial charge < -0.3 is 0 Å². The Kier molecular flexibility index (Phi) is 3.40. The summed E-state index contributed by atoms with van der Waals surface area (Å²) in [4.78, 5) is 0. The van der Waals surface area contributed by atoms with E-state index in [0.717, 1.165) is 11.8 Å². The molecule has 2 saturated carbocycles. The van der Waals surface area contributed by atoms with E-state index >= 15 is 0 Å². The van der Waals surface area contributed by atoms with Crippen molar-refractivity contribution in [2.45, 2.75) is 38.6 Å². The fraction of sp³-hybridized carbons (Fsp3) is 0.529. The second-order valence-corrected chi connectivity index (χ2v) is 7.17. The predicted molar refractivity (Wildman–Crippen MR) is 86.5 cm³/mol. The second-order valence-electron chi connectivity index (χ2n) is 6.78. The number of benzene rings is 1. The third-order valence-electron chi connectivity index (χ3n) is 5.64. The van der Waals surface area contributed by atoms with Gasteiger partial charge in [-0.3, -0.25) is 9.67 Å². The molecule has 2 aromatic rings. The zero-order valence-electron chi connectivity index (χ0n) is 12.6. The SMILES string of the molecule is C[C@H]([C@@H]1CC2CC[C@H]1C2)n1c(-c2ccccc2F)n[nH]c1=S. The van der Waals surface area contributed by atoms with Crippen molar-refractivity contribution in [3.05, 3.63) is 34.9 Å². The Morgan fingerprint density at radius 1 is 1.32 bits per heavy atom. The molecule has 0 amide bonds. The summed E-state index contributed by atoms with van der Waals surface area (Å²) in [6.45, 7) is 2.21. The molecule has 22 heavy (non-hydrogen) atoms. The van der Waals surface area contributed by atoms with Crippen LogP contribution in [0.25, 0.3) is 11.4 Å². The van der Waals surface area contributed by atoms with Gasteiger partial charge in [0.2, 0.25) is 0 Å². The first-order valence-electron chi connectivity index (χ1n) is 8.07. The van der Waals surface area contributed by atoms with Crippen LogP contribution in [-0.2, 0) is 0 Å². The van der Waals surface area contributed by atoms with Gasteiger partial charge in [-0.15, -0.1) is 0 Å². The molecule has 2 fully saturated rings. The molecular formula is C17H20FN3S. The van der Waals surface area contributed by atoms with Gasteiger partial charge in [0.15, 0.2) is 10.6 Å².